The molecule has 9 heteroatoms. The minimum atomic E-state index is -0.511. The Bertz CT molecular complexity index is 938. The average Bonchev–Trinajstić information content (AvgIpc) is 3.35. The zero-order chi connectivity index (χ0) is 19.9. The van der Waals surface area contributed by atoms with Crippen molar-refractivity contribution in [3.05, 3.63) is 52.5 Å². The van der Waals surface area contributed by atoms with Crippen molar-refractivity contribution in [3.8, 4) is 11.4 Å². The molecule has 0 atom stereocenters. The van der Waals surface area contributed by atoms with Crippen molar-refractivity contribution in [2.24, 2.45) is 0 Å². The molecule has 146 valence electrons. The largest absolute Gasteiger partial charge is 0.452 e. The second-order valence-electron chi connectivity index (χ2n) is 6.11. The minimum Gasteiger partial charge on any atom is -0.452 e. The highest BCUT2D eigenvalue weighted by Crippen LogP contribution is 2.24. The highest BCUT2D eigenvalue weighted by molar-refractivity contribution is 8.00. The normalized spacial score (nSPS) is 10.8. The van der Waals surface area contributed by atoms with Gasteiger partial charge in [0.1, 0.15) is 0 Å². The molecule has 0 saturated heterocycles. The lowest BCUT2D eigenvalue weighted by molar-refractivity contribution is -0.119. The van der Waals surface area contributed by atoms with Crippen molar-refractivity contribution in [3.63, 3.8) is 0 Å². The van der Waals surface area contributed by atoms with E-state index in [4.69, 9.17) is 9.26 Å². The van der Waals surface area contributed by atoms with E-state index in [2.05, 4.69) is 15.5 Å². The second kappa shape index (κ2) is 9.52. The van der Waals surface area contributed by atoms with Crippen LogP contribution < -0.4 is 5.32 Å². The summed E-state index contributed by atoms with van der Waals surface area (Å²) in [4.78, 5) is 29.2. The van der Waals surface area contributed by atoms with Gasteiger partial charge in [0.15, 0.2) is 6.61 Å². The van der Waals surface area contributed by atoms with Crippen LogP contribution in [0.15, 0.2) is 50.5 Å². The maximum atomic E-state index is 12.5. The standard InChI is InChI=1S/C19H19N3O4S2/c1-12(2)20-16(23)11-28-15-6-4-3-5-14(15)19(24)25-9-17-21-18(22-26-17)13-7-8-27-10-13/h3-8,10,12H,9,11H2,1-2H3,(H,20,23). The van der Waals surface area contributed by atoms with Gasteiger partial charge in [-0.1, -0.05) is 17.3 Å². The first kappa shape index (κ1) is 20.1. The van der Waals surface area contributed by atoms with Crippen molar-refractivity contribution >= 4 is 35.0 Å². The van der Waals surface area contributed by atoms with Gasteiger partial charge in [0.2, 0.25) is 11.7 Å². The van der Waals surface area contributed by atoms with Crippen molar-refractivity contribution in [2.45, 2.75) is 31.4 Å². The maximum Gasteiger partial charge on any atom is 0.339 e. The Morgan fingerprint density at radius 1 is 1.29 bits per heavy atom. The van der Waals surface area contributed by atoms with Crippen LogP contribution in [0.3, 0.4) is 0 Å². The van der Waals surface area contributed by atoms with Crippen LogP contribution in [0.4, 0.5) is 0 Å². The molecular weight excluding hydrogens is 398 g/mol. The quantitative estimate of drug-likeness (QED) is 0.440. The van der Waals surface area contributed by atoms with Crippen LogP contribution in [0.25, 0.3) is 11.4 Å². The zero-order valence-corrected chi connectivity index (χ0v) is 17.0. The number of aromatic nitrogens is 2. The molecule has 0 fully saturated rings. The van der Waals surface area contributed by atoms with Crippen LogP contribution in [-0.4, -0.2) is 33.8 Å². The third kappa shape index (κ3) is 5.43. The number of amides is 1. The van der Waals surface area contributed by atoms with Crippen LogP contribution in [0.5, 0.6) is 0 Å². The first-order valence-corrected chi connectivity index (χ1v) is 10.5. The van der Waals surface area contributed by atoms with Crippen LogP contribution in [0.1, 0.15) is 30.1 Å². The number of hydrogen-bond acceptors (Lipinski definition) is 8. The highest BCUT2D eigenvalue weighted by atomic mass is 32.2. The third-order valence-corrected chi connectivity index (χ3v) is 5.25. The minimum absolute atomic E-state index is 0.0710. The summed E-state index contributed by atoms with van der Waals surface area (Å²) in [5.41, 5.74) is 1.25. The Balaban J connectivity index is 1.59. The molecule has 2 heterocycles. The van der Waals surface area contributed by atoms with E-state index in [9.17, 15) is 9.59 Å². The summed E-state index contributed by atoms with van der Waals surface area (Å²) in [6, 6.07) is 8.96. The Labute approximate surface area is 170 Å². The number of rotatable bonds is 8. The monoisotopic (exact) mass is 417 g/mol. The highest BCUT2D eigenvalue weighted by Gasteiger charge is 2.16. The second-order valence-corrected chi connectivity index (χ2v) is 7.90. The van der Waals surface area contributed by atoms with E-state index >= 15 is 0 Å². The summed E-state index contributed by atoms with van der Waals surface area (Å²) in [5.74, 6) is 0.295. The Hall–Kier alpha value is -2.65. The Morgan fingerprint density at radius 3 is 2.86 bits per heavy atom. The molecule has 0 unspecified atom stereocenters. The number of ether oxygens (including phenoxy) is 1. The molecule has 0 radical (unpaired) electrons. The Kier molecular flexibility index (Phi) is 6.83. The SMILES string of the molecule is CC(C)NC(=O)CSc1ccccc1C(=O)OCc1nc(-c2ccsc2)no1. The molecule has 1 N–H and O–H groups in total. The van der Waals surface area contributed by atoms with Gasteiger partial charge in [-0.3, -0.25) is 4.79 Å². The summed E-state index contributed by atoms with van der Waals surface area (Å²) < 4.78 is 10.4. The van der Waals surface area contributed by atoms with Gasteiger partial charge < -0.3 is 14.6 Å². The van der Waals surface area contributed by atoms with Crippen molar-refractivity contribution in [1.82, 2.24) is 15.5 Å². The van der Waals surface area contributed by atoms with Gasteiger partial charge in [-0.05, 0) is 37.4 Å². The smallest absolute Gasteiger partial charge is 0.339 e. The van der Waals surface area contributed by atoms with E-state index < -0.39 is 5.97 Å². The number of benzene rings is 1. The van der Waals surface area contributed by atoms with E-state index in [0.717, 1.165) is 5.56 Å². The summed E-state index contributed by atoms with van der Waals surface area (Å²) in [6.07, 6.45) is 0. The van der Waals surface area contributed by atoms with E-state index in [1.165, 1.54) is 23.1 Å². The van der Waals surface area contributed by atoms with Crippen LogP contribution in [0, 0.1) is 0 Å². The molecule has 28 heavy (non-hydrogen) atoms. The number of nitrogens with zero attached hydrogens (tertiary/aromatic N) is 2. The van der Waals surface area contributed by atoms with Gasteiger partial charge in [-0.15, -0.1) is 11.8 Å². The summed E-state index contributed by atoms with van der Waals surface area (Å²) in [5, 5.41) is 10.5. The van der Waals surface area contributed by atoms with E-state index in [1.54, 1.807) is 18.2 Å². The summed E-state index contributed by atoms with van der Waals surface area (Å²) >= 11 is 2.82. The lowest BCUT2D eigenvalue weighted by Gasteiger charge is -2.10. The Morgan fingerprint density at radius 2 is 2.11 bits per heavy atom. The molecule has 1 amide bonds. The van der Waals surface area contributed by atoms with Gasteiger partial charge in [0.25, 0.3) is 5.89 Å². The molecule has 0 aliphatic rings. The van der Waals surface area contributed by atoms with Crippen molar-refractivity contribution in [2.75, 3.05) is 5.75 Å². The molecule has 2 aromatic heterocycles. The summed E-state index contributed by atoms with van der Waals surface area (Å²) in [7, 11) is 0. The lowest BCUT2D eigenvalue weighted by Crippen LogP contribution is -2.31. The number of carbonyl (C=O) groups is 2. The van der Waals surface area contributed by atoms with Crippen molar-refractivity contribution < 1.29 is 18.8 Å². The molecule has 0 aliphatic heterocycles. The molecule has 0 bridgehead atoms. The van der Waals surface area contributed by atoms with Gasteiger partial charge in [-0.2, -0.15) is 16.3 Å². The van der Waals surface area contributed by atoms with Crippen LogP contribution in [0.2, 0.25) is 0 Å². The van der Waals surface area contributed by atoms with Gasteiger partial charge in [0.05, 0.1) is 11.3 Å². The molecule has 0 saturated carbocycles. The average molecular weight is 418 g/mol. The van der Waals surface area contributed by atoms with Crippen molar-refractivity contribution in [1.29, 1.82) is 0 Å². The fourth-order valence-corrected chi connectivity index (χ4v) is 3.78. The number of carbonyl (C=O) groups excluding carboxylic acids is 2. The molecule has 7 nitrogen and oxygen atoms in total. The number of nitrogens with one attached hydrogen (secondary N) is 1. The lowest BCUT2D eigenvalue weighted by atomic mass is 10.2. The van der Waals surface area contributed by atoms with Crippen LogP contribution in [-0.2, 0) is 16.1 Å². The van der Waals surface area contributed by atoms with Crippen LogP contribution >= 0.6 is 23.1 Å². The molecule has 0 aliphatic carbocycles. The zero-order valence-electron chi connectivity index (χ0n) is 15.4. The summed E-state index contributed by atoms with van der Waals surface area (Å²) in [6.45, 7) is 3.67. The fraction of sp³-hybridized carbons (Fsp3) is 0.263. The molecular formula is C19H19N3O4S2. The van der Waals surface area contributed by atoms with E-state index in [-0.39, 0.29) is 30.2 Å². The first-order valence-electron chi connectivity index (χ1n) is 8.56. The third-order valence-electron chi connectivity index (χ3n) is 3.49. The van der Waals surface area contributed by atoms with E-state index in [0.29, 0.717) is 16.3 Å². The van der Waals surface area contributed by atoms with E-state index in [1.807, 2.05) is 36.7 Å². The number of hydrogen-bond donors (Lipinski definition) is 1. The predicted molar refractivity (Wildman–Crippen MR) is 107 cm³/mol. The number of esters is 1. The van der Waals surface area contributed by atoms with Gasteiger partial charge in [-0.25, -0.2) is 4.79 Å². The number of thiophene rings is 1. The molecule has 1 aromatic carbocycles. The van der Waals surface area contributed by atoms with Gasteiger partial charge >= 0.3 is 5.97 Å². The first-order chi connectivity index (χ1) is 13.5. The molecule has 3 rings (SSSR count). The van der Waals surface area contributed by atoms with Gasteiger partial charge in [0, 0.05) is 21.9 Å². The molecule has 3 aromatic rings. The fourth-order valence-electron chi connectivity index (χ4n) is 2.30. The number of thioether (sulfide) groups is 1. The predicted octanol–water partition coefficient (Wildman–Crippen LogP) is 3.77. The molecule has 0 spiro atoms. The topological polar surface area (TPSA) is 94.3 Å². The maximum absolute atomic E-state index is 12.5.